The minimum absolute atomic E-state index is 0.738. The Morgan fingerprint density at radius 1 is 1.35 bits per heavy atom. The predicted molar refractivity (Wildman–Crippen MR) is 73.8 cm³/mol. The lowest BCUT2D eigenvalue weighted by Crippen LogP contribution is -1.98. The Hall–Kier alpha value is -1.46. The SMILES string of the molecule is Cc1ccc2nc(NCc3cscn3)sc2c1. The summed E-state index contributed by atoms with van der Waals surface area (Å²) in [5.41, 5.74) is 5.23. The molecule has 2 aromatic heterocycles. The molecule has 0 aliphatic carbocycles. The lowest BCUT2D eigenvalue weighted by Gasteiger charge is -1.97. The monoisotopic (exact) mass is 261 g/mol. The summed E-state index contributed by atoms with van der Waals surface area (Å²) in [5.74, 6) is 0. The van der Waals surface area contributed by atoms with Gasteiger partial charge in [0.05, 0.1) is 28.0 Å². The molecule has 5 heteroatoms. The summed E-state index contributed by atoms with van der Waals surface area (Å²) < 4.78 is 1.23. The summed E-state index contributed by atoms with van der Waals surface area (Å²) in [7, 11) is 0. The number of fused-ring (bicyclic) bond motifs is 1. The third kappa shape index (κ3) is 2.30. The lowest BCUT2D eigenvalue weighted by molar-refractivity contribution is 1.07. The van der Waals surface area contributed by atoms with Gasteiger partial charge in [-0.15, -0.1) is 11.3 Å². The first-order valence-corrected chi connectivity index (χ1v) is 7.05. The number of aryl methyl sites for hydroxylation is 1. The first kappa shape index (κ1) is 10.7. The smallest absolute Gasteiger partial charge is 0.184 e. The van der Waals surface area contributed by atoms with E-state index in [0.29, 0.717) is 0 Å². The molecule has 17 heavy (non-hydrogen) atoms. The van der Waals surface area contributed by atoms with Crippen LogP contribution in [-0.2, 0) is 6.54 Å². The molecule has 0 amide bonds. The minimum atomic E-state index is 0.738. The van der Waals surface area contributed by atoms with Crippen LogP contribution in [0.3, 0.4) is 0 Å². The molecule has 0 spiro atoms. The van der Waals surface area contributed by atoms with Crippen LogP contribution in [0.2, 0.25) is 0 Å². The number of anilines is 1. The van der Waals surface area contributed by atoms with E-state index in [0.717, 1.165) is 22.9 Å². The molecular weight excluding hydrogens is 250 g/mol. The van der Waals surface area contributed by atoms with Gasteiger partial charge in [0.2, 0.25) is 0 Å². The zero-order valence-corrected chi connectivity index (χ0v) is 10.9. The van der Waals surface area contributed by atoms with Crippen molar-refractivity contribution in [2.45, 2.75) is 13.5 Å². The number of nitrogens with one attached hydrogen (secondary N) is 1. The normalized spacial score (nSPS) is 10.9. The van der Waals surface area contributed by atoms with Crippen molar-refractivity contribution in [1.82, 2.24) is 9.97 Å². The second kappa shape index (κ2) is 4.43. The van der Waals surface area contributed by atoms with E-state index in [1.165, 1.54) is 10.3 Å². The van der Waals surface area contributed by atoms with E-state index in [9.17, 15) is 0 Å². The third-order valence-corrected chi connectivity index (χ3v) is 4.06. The van der Waals surface area contributed by atoms with Crippen molar-refractivity contribution < 1.29 is 0 Å². The molecule has 0 aliphatic rings. The fraction of sp³-hybridized carbons (Fsp3) is 0.167. The molecule has 1 aromatic carbocycles. The zero-order valence-electron chi connectivity index (χ0n) is 9.30. The Morgan fingerprint density at radius 3 is 3.12 bits per heavy atom. The van der Waals surface area contributed by atoms with Crippen molar-refractivity contribution in [2.24, 2.45) is 0 Å². The predicted octanol–water partition coefficient (Wildman–Crippen LogP) is 3.67. The summed E-state index contributed by atoms with van der Waals surface area (Å²) in [6.07, 6.45) is 0. The Labute approximate surface area is 107 Å². The number of nitrogens with zero attached hydrogens (tertiary/aromatic N) is 2. The van der Waals surface area contributed by atoms with Crippen molar-refractivity contribution in [2.75, 3.05) is 5.32 Å². The van der Waals surface area contributed by atoms with Gasteiger partial charge >= 0.3 is 0 Å². The highest BCUT2D eigenvalue weighted by atomic mass is 32.1. The highest BCUT2D eigenvalue weighted by Gasteiger charge is 2.03. The summed E-state index contributed by atoms with van der Waals surface area (Å²) in [5, 5.41) is 6.31. The van der Waals surface area contributed by atoms with Crippen LogP contribution in [0.15, 0.2) is 29.1 Å². The third-order valence-electron chi connectivity index (χ3n) is 2.45. The molecule has 0 unspecified atom stereocenters. The van der Waals surface area contributed by atoms with Crippen molar-refractivity contribution in [3.05, 3.63) is 40.3 Å². The molecule has 86 valence electrons. The van der Waals surface area contributed by atoms with E-state index in [1.807, 2.05) is 10.9 Å². The van der Waals surface area contributed by atoms with Crippen molar-refractivity contribution >= 4 is 38.0 Å². The minimum Gasteiger partial charge on any atom is -0.356 e. The number of hydrogen-bond acceptors (Lipinski definition) is 5. The fourth-order valence-corrected chi connectivity index (χ4v) is 3.12. The van der Waals surface area contributed by atoms with E-state index in [-0.39, 0.29) is 0 Å². The van der Waals surface area contributed by atoms with Crippen molar-refractivity contribution in [3.8, 4) is 0 Å². The van der Waals surface area contributed by atoms with E-state index < -0.39 is 0 Å². The quantitative estimate of drug-likeness (QED) is 0.781. The van der Waals surface area contributed by atoms with Crippen LogP contribution in [0.1, 0.15) is 11.3 Å². The van der Waals surface area contributed by atoms with Gasteiger partial charge in [-0.25, -0.2) is 9.97 Å². The molecule has 0 saturated carbocycles. The van der Waals surface area contributed by atoms with Crippen molar-refractivity contribution in [1.29, 1.82) is 0 Å². The first-order valence-electron chi connectivity index (χ1n) is 5.29. The highest BCUT2D eigenvalue weighted by molar-refractivity contribution is 7.22. The summed E-state index contributed by atoms with van der Waals surface area (Å²) >= 11 is 3.30. The van der Waals surface area contributed by atoms with Crippen LogP contribution >= 0.6 is 22.7 Å². The maximum Gasteiger partial charge on any atom is 0.184 e. The van der Waals surface area contributed by atoms with Crippen molar-refractivity contribution in [3.63, 3.8) is 0 Å². The Balaban J connectivity index is 1.81. The molecule has 0 saturated heterocycles. The first-order chi connectivity index (χ1) is 8.31. The van der Waals surface area contributed by atoms with E-state index in [1.54, 1.807) is 22.7 Å². The number of aromatic nitrogens is 2. The molecular formula is C12H11N3S2. The van der Waals surface area contributed by atoms with Crippen LogP contribution < -0.4 is 5.32 Å². The van der Waals surface area contributed by atoms with Crippen LogP contribution in [-0.4, -0.2) is 9.97 Å². The number of hydrogen-bond donors (Lipinski definition) is 1. The lowest BCUT2D eigenvalue weighted by atomic mass is 10.2. The number of rotatable bonds is 3. The average molecular weight is 261 g/mol. The average Bonchev–Trinajstić information content (AvgIpc) is 2.94. The molecule has 0 fully saturated rings. The van der Waals surface area contributed by atoms with Crippen LogP contribution in [0.25, 0.3) is 10.2 Å². The largest absolute Gasteiger partial charge is 0.356 e. The Kier molecular flexibility index (Phi) is 2.78. The van der Waals surface area contributed by atoms with Crippen LogP contribution in [0.5, 0.6) is 0 Å². The Bertz CT molecular complexity index is 628. The van der Waals surface area contributed by atoms with Crippen LogP contribution in [0.4, 0.5) is 5.13 Å². The highest BCUT2D eigenvalue weighted by Crippen LogP contribution is 2.26. The molecule has 0 radical (unpaired) electrons. The summed E-state index contributed by atoms with van der Waals surface area (Å²) in [6.45, 7) is 2.84. The molecule has 1 N–H and O–H groups in total. The number of benzene rings is 1. The van der Waals surface area contributed by atoms with Gasteiger partial charge in [0, 0.05) is 5.38 Å². The summed E-state index contributed by atoms with van der Waals surface area (Å²) in [6, 6.07) is 6.32. The van der Waals surface area contributed by atoms with Gasteiger partial charge in [-0.05, 0) is 24.6 Å². The number of thiazole rings is 2. The molecule has 3 rings (SSSR count). The van der Waals surface area contributed by atoms with E-state index in [4.69, 9.17) is 0 Å². The van der Waals surface area contributed by atoms with Gasteiger partial charge in [0.15, 0.2) is 5.13 Å². The molecule has 0 atom stereocenters. The molecule has 2 heterocycles. The Morgan fingerprint density at radius 2 is 2.29 bits per heavy atom. The topological polar surface area (TPSA) is 37.8 Å². The van der Waals surface area contributed by atoms with Gasteiger partial charge in [0.25, 0.3) is 0 Å². The van der Waals surface area contributed by atoms with Gasteiger partial charge in [0.1, 0.15) is 0 Å². The second-order valence-corrected chi connectivity index (χ2v) is 5.57. The second-order valence-electron chi connectivity index (χ2n) is 3.82. The standard InChI is InChI=1S/C12H11N3S2/c1-8-2-3-10-11(4-8)17-12(15-10)13-5-9-6-16-7-14-9/h2-4,6-7H,5H2,1H3,(H,13,15). The molecule has 0 aliphatic heterocycles. The molecule has 3 aromatic rings. The van der Waals surface area contributed by atoms with Crippen LogP contribution in [0, 0.1) is 6.92 Å². The summed E-state index contributed by atoms with van der Waals surface area (Å²) in [4.78, 5) is 8.77. The van der Waals surface area contributed by atoms with Gasteiger partial charge in [-0.3, -0.25) is 0 Å². The van der Waals surface area contributed by atoms with Gasteiger partial charge in [-0.1, -0.05) is 17.4 Å². The van der Waals surface area contributed by atoms with E-state index in [2.05, 4.69) is 40.4 Å². The molecule has 3 nitrogen and oxygen atoms in total. The van der Waals surface area contributed by atoms with Gasteiger partial charge in [-0.2, -0.15) is 0 Å². The molecule has 0 bridgehead atoms. The maximum absolute atomic E-state index is 4.54. The maximum atomic E-state index is 4.54. The van der Waals surface area contributed by atoms with Gasteiger partial charge < -0.3 is 5.32 Å². The van der Waals surface area contributed by atoms with E-state index >= 15 is 0 Å². The zero-order chi connectivity index (χ0) is 11.7. The fourth-order valence-electron chi connectivity index (χ4n) is 1.60.